The first-order chi connectivity index (χ1) is 12.7. The van der Waals surface area contributed by atoms with Crippen LogP contribution in [-0.2, 0) is 16.1 Å². The van der Waals surface area contributed by atoms with E-state index in [0.29, 0.717) is 19.2 Å². The van der Waals surface area contributed by atoms with E-state index in [9.17, 15) is 4.79 Å². The van der Waals surface area contributed by atoms with Crippen LogP contribution in [0.25, 0.3) is 0 Å². The predicted molar refractivity (Wildman–Crippen MR) is 97.2 cm³/mol. The van der Waals surface area contributed by atoms with E-state index in [1.165, 1.54) is 6.42 Å². The Morgan fingerprint density at radius 3 is 2.92 bits per heavy atom. The number of benzene rings is 1. The largest absolute Gasteiger partial charge is 0.454 e. The molecule has 26 heavy (non-hydrogen) atoms. The third-order valence-corrected chi connectivity index (χ3v) is 5.66. The molecule has 0 unspecified atom stereocenters. The normalized spacial score (nSPS) is 25.0. The minimum atomic E-state index is -0.277. The molecule has 0 N–H and O–H groups in total. The molecule has 3 aliphatic heterocycles. The van der Waals surface area contributed by atoms with Gasteiger partial charge < -0.3 is 19.1 Å². The molecule has 2 fully saturated rings. The highest BCUT2D eigenvalue weighted by molar-refractivity contribution is 5.81. The quantitative estimate of drug-likeness (QED) is 0.780. The summed E-state index contributed by atoms with van der Waals surface area (Å²) in [6.45, 7) is 6.68. The first-order valence-electron chi connectivity index (χ1n) is 9.77. The van der Waals surface area contributed by atoms with Gasteiger partial charge in [-0.1, -0.05) is 13.0 Å². The molecule has 142 valence electrons. The lowest BCUT2D eigenvalue weighted by atomic mass is 10.1. The van der Waals surface area contributed by atoms with Crippen molar-refractivity contribution in [3.8, 4) is 11.5 Å². The Bertz CT molecular complexity index is 645. The van der Waals surface area contributed by atoms with Crippen molar-refractivity contribution >= 4 is 5.91 Å². The van der Waals surface area contributed by atoms with E-state index >= 15 is 0 Å². The second-order valence-corrected chi connectivity index (χ2v) is 7.33. The van der Waals surface area contributed by atoms with E-state index < -0.39 is 0 Å². The van der Waals surface area contributed by atoms with Gasteiger partial charge in [-0.25, -0.2) is 0 Å². The van der Waals surface area contributed by atoms with Crippen LogP contribution in [0.15, 0.2) is 18.2 Å². The number of ether oxygens (including phenoxy) is 3. The van der Waals surface area contributed by atoms with E-state index in [-0.39, 0.29) is 18.8 Å². The molecule has 0 bridgehead atoms. The molecule has 0 aliphatic carbocycles. The number of fused-ring (bicyclic) bond motifs is 1. The van der Waals surface area contributed by atoms with Gasteiger partial charge in [0.15, 0.2) is 11.5 Å². The first-order valence-corrected chi connectivity index (χ1v) is 9.77. The van der Waals surface area contributed by atoms with E-state index in [1.54, 1.807) is 0 Å². The van der Waals surface area contributed by atoms with E-state index in [1.807, 2.05) is 23.1 Å². The van der Waals surface area contributed by atoms with Crippen molar-refractivity contribution in [1.29, 1.82) is 0 Å². The van der Waals surface area contributed by atoms with Gasteiger partial charge in [-0.3, -0.25) is 9.69 Å². The SMILES string of the molecule is CCN1CCC[C@@H]1CN(Cc1ccc2c(c1)OCO2)C(=O)[C@@H]1CCCO1. The fourth-order valence-electron chi connectivity index (χ4n) is 4.24. The van der Waals surface area contributed by atoms with Gasteiger partial charge in [0.05, 0.1) is 0 Å². The lowest BCUT2D eigenvalue weighted by molar-refractivity contribution is -0.142. The van der Waals surface area contributed by atoms with E-state index in [2.05, 4.69) is 11.8 Å². The van der Waals surface area contributed by atoms with Crippen LogP contribution >= 0.6 is 0 Å². The summed E-state index contributed by atoms with van der Waals surface area (Å²) in [5.41, 5.74) is 1.07. The van der Waals surface area contributed by atoms with Gasteiger partial charge in [-0.2, -0.15) is 0 Å². The van der Waals surface area contributed by atoms with Crippen LogP contribution in [0.3, 0.4) is 0 Å². The molecule has 1 amide bonds. The number of likely N-dealkylation sites (tertiary alicyclic amines) is 1. The maximum absolute atomic E-state index is 13.1. The molecule has 0 saturated carbocycles. The number of carbonyl (C=O) groups excluding carboxylic acids is 1. The van der Waals surface area contributed by atoms with Crippen molar-refractivity contribution in [2.45, 2.75) is 51.3 Å². The standard InChI is InChI=1S/C20H28N2O4/c1-2-21-9-3-5-16(21)13-22(20(23)18-6-4-10-24-18)12-15-7-8-17-19(11-15)26-14-25-17/h7-8,11,16,18H,2-6,9-10,12-14H2,1H3/t16-,18+/m1/s1. The summed E-state index contributed by atoms with van der Waals surface area (Å²) in [6.07, 6.45) is 3.90. The molecule has 1 aromatic rings. The fraction of sp³-hybridized carbons (Fsp3) is 0.650. The van der Waals surface area contributed by atoms with Crippen molar-refractivity contribution in [3.63, 3.8) is 0 Å². The summed E-state index contributed by atoms with van der Waals surface area (Å²) in [6, 6.07) is 6.39. The average Bonchev–Trinajstić information content (AvgIpc) is 3.40. The summed E-state index contributed by atoms with van der Waals surface area (Å²) < 4.78 is 16.6. The molecule has 3 aliphatic rings. The Hall–Kier alpha value is -1.79. The number of hydrogen-bond donors (Lipinski definition) is 0. The zero-order chi connectivity index (χ0) is 17.9. The molecule has 2 atom stereocenters. The third kappa shape index (κ3) is 3.67. The first kappa shape index (κ1) is 17.6. The molecular formula is C20H28N2O4. The molecular weight excluding hydrogens is 332 g/mol. The molecule has 3 heterocycles. The molecule has 1 aromatic carbocycles. The van der Waals surface area contributed by atoms with E-state index in [0.717, 1.165) is 56.0 Å². The number of amides is 1. The van der Waals surface area contributed by atoms with Crippen LogP contribution in [0.2, 0.25) is 0 Å². The Kier molecular flexibility index (Phi) is 5.31. The molecule has 0 spiro atoms. The van der Waals surface area contributed by atoms with Gasteiger partial charge in [0, 0.05) is 25.7 Å². The van der Waals surface area contributed by atoms with Crippen LogP contribution in [0.4, 0.5) is 0 Å². The molecule has 4 rings (SSSR count). The molecule has 0 radical (unpaired) electrons. The van der Waals surface area contributed by atoms with Gasteiger partial charge in [0.1, 0.15) is 6.10 Å². The summed E-state index contributed by atoms with van der Waals surface area (Å²) in [5.74, 6) is 1.67. The van der Waals surface area contributed by atoms with Gasteiger partial charge in [-0.15, -0.1) is 0 Å². The van der Waals surface area contributed by atoms with Crippen molar-refractivity contribution in [2.75, 3.05) is 33.0 Å². The number of hydrogen-bond acceptors (Lipinski definition) is 5. The number of likely N-dealkylation sites (N-methyl/N-ethyl adjacent to an activating group) is 1. The van der Waals surface area contributed by atoms with E-state index in [4.69, 9.17) is 14.2 Å². The van der Waals surface area contributed by atoms with Gasteiger partial charge >= 0.3 is 0 Å². The Morgan fingerprint density at radius 2 is 2.12 bits per heavy atom. The summed E-state index contributed by atoms with van der Waals surface area (Å²) >= 11 is 0. The van der Waals surface area contributed by atoms with Crippen molar-refractivity contribution in [3.05, 3.63) is 23.8 Å². The van der Waals surface area contributed by atoms with Crippen molar-refractivity contribution in [1.82, 2.24) is 9.80 Å². The minimum Gasteiger partial charge on any atom is -0.454 e. The second kappa shape index (κ2) is 7.84. The Labute approximate surface area is 155 Å². The van der Waals surface area contributed by atoms with Gasteiger partial charge in [-0.05, 0) is 56.5 Å². The topological polar surface area (TPSA) is 51.2 Å². The Balaban J connectivity index is 1.50. The molecule has 6 heteroatoms. The van der Waals surface area contributed by atoms with Crippen LogP contribution < -0.4 is 9.47 Å². The highest BCUT2D eigenvalue weighted by atomic mass is 16.7. The molecule has 6 nitrogen and oxygen atoms in total. The number of rotatable bonds is 6. The third-order valence-electron chi connectivity index (χ3n) is 5.66. The highest BCUT2D eigenvalue weighted by Gasteiger charge is 2.32. The lowest BCUT2D eigenvalue weighted by Crippen LogP contribution is -2.46. The van der Waals surface area contributed by atoms with Crippen LogP contribution in [0.5, 0.6) is 11.5 Å². The summed E-state index contributed by atoms with van der Waals surface area (Å²) in [7, 11) is 0. The number of carbonyl (C=O) groups is 1. The van der Waals surface area contributed by atoms with Crippen LogP contribution in [0, 0.1) is 0 Å². The molecule has 0 aromatic heterocycles. The van der Waals surface area contributed by atoms with Crippen molar-refractivity contribution in [2.24, 2.45) is 0 Å². The monoisotopic (exact) mass is 360 g/mol. The zero-order valence-corrected chi connectivity index (χ0v) is 15.5. The van der Waals surface area contributed by atoms with Crippen LogP contribution in [-0.4, -0.2) is 60.9 Å². The maximum Gasteiger partial charge on any atom is 0.252 e. The minimum absolute atomic E-state index is 0.128. The van der Waals surface area contributed by atoms with Crippen LogP contribution in [0.1, 0.15) is 38.2 Å². The zero-order valence-electron chi connectivity index (χ0n) is 15.5. The maximum atomic E-state index is 13.1. The summed E-state index contributed by atoms with van der Waals surface area (Å²) in [5, 5.41) is 0. The molecule has 2 saturated heterocycles. The van der Waals surface area contributed by atoms with Gasteiger partial charge in [0.2, 0.25) is 6.79 Å². The summed E-state index contributed by atoms with van der Waals surface area (Å²) in [4.78, 5) is 17.6. The number of nitrogens with zero attached hydrogens (tertiary/aromatic N) is 2. The van der Waals surface area contributed by atoms with Gasteiger partial charge in [0.25, 0.3) is 5.91 Å². The average molecular weight is 360 g/mol. The smallest absolute Gasteiger partial charge is 0.252 e. The lowest BCUT2D eigenvalue weighted by Gasteiger charge is -2.32. The highest BCUT2D eigenvalue weighted by Crippen LogP contribution is 2.33. The Morgan fingerprint density at radius 1 is 1.23 bits per heavy atom. The predicted octanol–water partition coefficient (Wildman–Crippen LogP) is 2.41. The fourth-order valence-corrected chi connectivity index (χ4v) is 4.24. The second-order valence-electron chi connectivity index (χ2n) is 7.33. The van der Waals surface area contributed by atoms with Crippen molar-refractivity contribution < 1.29 is 19.0 Å².